The summed E-state index contributed by atoms with van der Waals surface area (Å²) in [5, 5.41) is 14.3. The number of aromatic amines is 1. The van der Waals surface area contributed by atoms with Crippen LogP contribution in [0.25, 0.3) is 10.9 Å². The van der Waals surface area contributed by atoms with Crippen molar-refractivity contribution in [3.63, 3.8) is 0 Å². The van der Waals surface area contributed by atoms with E-state index in [0.29, 0.717) is 41.5 Å². The molecule has 0 amide bonds. The molecule has 2 aromatic heterocycles. The van der Waals surface area contributed by atoms with E-state index in [0.717, 1.165) is 29.2 Å². The number of benzene rings is 2. The molecule has 2 aromatic carbocycles. The summed E-state index contributed by atoms with van der Waals surface area (Å²) in [7, 11) is 0. The van der Waals surface area contributed by atoms with Gasteiger partial charge >= 0.3 is 0 Å². The average molecular weight is 536 g/mol. The lowest BCUT2D eigenvalue weighted by molar-refractivity contribution is 0.174. The first-order chi connectivity index (χ1) is 18.2. The highest BCUT2D eigenvalue weighted by Crippen LogP contribution is 2.37. The van der Waals surface area contributed by atoms with Gasteiger partial charge in [0.25, 0.3) is 5.56 Å². The molecule has 11 heteroatoms. The average Bonchev–Trinajstić information content (AvgIpc) is 3.55. The Kier molecular flexibility index (Phi) is 6.03. The first-order valence-electron chi connectivity index (χ1n) is 12.7. The van der Waals surface area contributed by atoms with Crippen LogP contribution in [0.4, 0.5) is 5.69 Å². The number of aromatic nitrogens is 5. The van der Waals surface area contributed by atoms with Gasteiger partial charge in [-0.2, -0.15) is 0 Å². The van der Waals surface area contributed by atoms with Gasteiger partial charge in [-0.05, 0) is 68.0 Å². The molecule has 4 aromatic rings. The molecular formula is C27H30ClN7O3. The number of anilines is 1. The number of rotatable bonds is 4. The van der Waals surface area contributed by atoms with Crippen molar-refractivity contribution >= 4 is 28.2 Å². The Hall–Kier alpha value is -3.63. The van der Waals surface area contributed by atoms with Crippen LogP contribution in [0.3, 0.4) is 0 Å². The summed E-state index contributed by atoms with van der Waals surface area (Å²) in [5.74, 6) is 1.93. The number of fused-ring (bicyclic) bond motifs is 2. The largest absolute Gasteiger partial charge is 0.454 e. The Morgan fingerprint density at radius 1 is 1.03 bits per heavy atom. The topological polar surface area (TPSA) is 101 Å². The fourth-order valence-electron chi connectivity index (χ4n) is 5.30. The van der Waals surface area contributed by atoms with Gasteiger partial charge in [0.05, 0.1) is 11.1 Å². The van der Waals surface area contributed by atoms with Crippen molar-refractivity contribution in [2.75, 3.05) is 37.9 Å². The molecule has 2 aliphatic heterocycles. The number of tetrazole rings is 1. The maximum atomic E-state index is 13.6. The lowest BCUT2D eigenvalue weighted by atomic mass is 10.0. The number of aryl methyl sites for hydroxylation is 1. The molecule has 10 nitrogen and oxygen atoms in total. The van der Waals surface area contributed by atoms with Crippen LogP contribution in [0.2, 0.25) is 5.02 Å². The zero-order chi connectivity index (χ0) is 26.6. The van der Waals surface area contributed by atoms with Gasteiger partial charge in [-0.25, -0.2) is 4.68 Å². The lowest BCUT2D eigenvalue weighted by Crippen LogP contribution is -2.49. The van der Waals surface area contributed by atoms with E-state index in [1.165, 1.54) is 5.56 Å². The monoisotopic (exact) mass is 535 g/mol. The van der Waals surface area contributed by atoms with E-state index in [4.69, 9.17) is 21.1 Å². The summed E-state index contributed by atoms with van der Waals surface area (Å²) in [6.07, 6.45) is 0. The molecule has 6 rings (SSSR count). The third-order valence-corrected chi connectivity index (χ3v) is 7.46. The van der Waals surface area contributed by atoms with Gasteiger partial charge in [0.2, 0.25) is 6.79 Å². The molecular weight excluding hydrogens is 506 g/mol. The fourth-order valence-corrected chi connectivity index (χ4v) is 5.47. The number of H-pyrrole nitrogens is 1. The minimum absolute atomic E-state index is 0.169. The van der Waals surface area contributed by atoms with Crippen molar-refractivity contribution in [3.05, 3.63) is 68.7 Å². The van der Waals surface area contributed by atoms with Crippen molar-refractivity contribution in [1.29, 1.82) is 0 Å². The number of nitrogens with zero attached hydrogens (tertiary/aromatic N) is 6. The second kappa shape index (κ2) is 9.28. The van der Waals surface area contributed by atoms with E-state index in [1.807, 2.05) is 41.1 Å². The number of hydrogen-bond acceptors (Lipinski definition) is 8. The molecule has 1 atom stereocenters. The zero-order valence-electron chi connectivity index (χ0n) is 21.9. The number of pyridine rings is 1. The number of piperazine rings is 1. The highest BCUT2D eigenvalue weighted by atomic mass is 35.5. The highest BCUT2D eigenvalue weighted by Gasteiger charge is 2.35. The molecule has 1 N–H and O–H groups in total. The van der Waals surface area contributed by atoms with E-state index in [2.05, 4.69) is 58.0 Å². The van der Waals surface area contributed by atoms with Gasteiger partial charge in [0, 0.05) is 53.9 Å². The summed E-state index contributed by atoms with van der Waals surface area (Å²) in [6.45, 7) is 11.4. The maximum absolute atomic E-state index is 13.6. The van der Waals surface area contributed by atoms with E-state index in [9.17, 15) is 4.79 Å². The van der Waals surface area contributed by atoms with Crippen LogP contribution in [0, 0.1) is 6.92 Å². The smallest absolute Gasteiger partial charge is 0.253 e. The van der Waals surface area contributed by atoms with Crippen LogP contribution >= 0.6 is 11.6 Å². The molecule has 0 spiro atoms. The first-order valence-corrected chi connectivity index (χ1v) is 13.1. The van der Waals surface area contributed by atoms with E-state index in [-0.39, 0.29) is 17.9 Å². The summed E-state index contributed by atoms with van der Waals surface area (Å²) in [4.78, 5) is 21.3. The van der Waals surface area contributed by atoms with E-state index in [1.54, 1.807) is 0 Å². The van der Waals surface area contributed by atoms with Gasteiger partial charge in [-0.1, -0.05) is 17.7 Å². The summed E-state index contributed by atoms with van der Waals surface area (Å²) in [5.41, 5.74) is 3.04. The summed E-state index contributed by atoms with van der Waals surface area (Å²) < 4.78 is 12.9. The van der Waals surface area contributed by atoms with Crippen molar-refractivity contribution in [2.24, 2.45) is 0 Å². The molecule has 0 unspecified atom stereocenters. The van der Waals surface area contributed by atoms with Crippen molar-refractivity contribution in [2.45, 2.75) is 39.3 Å². The standard InChI is InChI=1S/C27H30ClN7O3/c1-16-5-6-18(28)13-21(16)33-7-9-34(10-8-33)24(25-30-31-32-35(25)27(2,3)4)19-11-17-12-22-23(38-15-37-22)14-20(17)29-26(19)36/h5-6,11-14,24H,7-10,15H2,1-4H3,(H,29,36)/t24-/m1/s1. The Labute approximate surface area is 225 Å². The van der Waals surface area contributed by atoms with E-state index >= 15 is 0 Å². The molecule has 0 aliphatic carbocycles. The lowest BCUT2D eigenvalue weighted by Gasteiger charge is -2.40. The Morgan fingerprint density at radius 3 is 2.50 bits per heavy atom. The molecule has 1 fully saturated rings. The van der Waals surface area contributed by atoms with Gasteiger partial charge in [0.15, 0.2) is 17.3 Å². The van der Waals surface area contributed by atoms with Crippen LogP contribution in [-0.2, 0) is 5.54 Å². The van der Waals surface area contributed by atoms with Crippen molar-refractivity contribution < 1.29 is 9.47 Å². The number of halogens is 1. The third-order valence-electron chi connectivity index (χ3n) is 7.23. The summed E-state index contributed by atoms with van der Waals surface area (Å²) in [6, 6.07) is 11.2. The van der Waals surface area contributed by atoms with Crippen LogP contribution in [-0.4, -0.2) is 63.1 Å². The maximum Gasteiger partial charge on any atom is 0.253 e. The minimum atomic E-state index is -0.439. The van der Waals surface area contributed by atoms with Crippen molar-refractivity contribution in [1.82, 2.24) is 30.1 Å². The molecule has 2 aliphatic rings. The predicted molar refractivity (Wildman–Crippen MR) is 145 cm³/mol. The van der Waals surface area contributed by atoms with Gasteiger partial charge in [-0.15, -0.1) is 5.10 Å². The van der Waals surface area contributed by atoms with E-state index < -0.39 is 6.04 Å². The molecule has 4 heterocycles. The molecule has 198 valence electrons. The molecule has 0 radical (unpaired) electrons. The van der Waals surface area contributed by atoms with Gasteiger partial charge < -0.3 is 19.4 Å². The Balaban J connectivity index is 1.41. The van der Waals surface area contributed by atoms with Gasteiger partial charge in [0.1, 0.15) is 6.04 Å². The second-order valence-electron chi connectivity index (χ2n) is 10.8. The van der Waals surface area contributed by atoms with Crippen LogP contribution in [0.1, 0.15) is 43.8 Å². The molecule has 1 saturated heterocycles. The normalized spacial score (nSPS) is 16.8. The zero-order valence-corrected chi connectivity index (χ0v) is 22.6. The first kappa shape index (κ1) is 24.7. The molecule has 0 saturated carbocycles. The molecule has 0 bridgehead atoms. The van der Waals surface area contributed by atoms with Crippen LogP contribution in [0.15, 0.2) is 41.2 Å². The van der Waals surface area contributed by atoms with Crippen LogP contribution < -0.4 is 19.9 Å². The summed E-state index contributed by atoms with van der Waals surface area (Å²) >= 11 is 6.31. The Bertz CT molecular complexity index is 1570. The van der Waals surface area contributed by atoms with Crippen LogP contribution in [0.5, 0.6) is 11.5 Å². The van der Waals surface area contributed by atoms with Gasteiger partial charge in [-0.3, -0.25) is 9.69 Å². The number of nitrogens with one attached hydrogen (secondary N) is 1. The Morgan fingerprint density at radius 2 is 1.76 bits per heavy atom. The predicted octanol–water partition coefficient (Wildman–Crippen LogP) is 3.87. The third kappa shape index (κ3) is 4.37. The SMILES string of the molecule is Cc1ccc(Cl)cc1N1CCN([C@H](c2cc3cc4c(cc3[nH]c2=O)OCO4)c2nnnn2C(C)(C)C)CC1. The second-order valence-corrected chi connectivity index (χ2v) is 11.3. The highest BCUT2D eigenvalue weighted by molar-refractivity contribution is 6.30. The molecule has 38 heavy (non-hydrogen) atoms. The fraction of sp³-hybridized carbons (Fsp3) is 0.407. The number of hydrogen-bond donors (Lipinski definition) is 1. The minimum Gasteiger partial charge on any atom is -0.454 e. The number of ether oxygens (including phenoxy) is 2. The quantitative estimate of drug-likeness (QED) is 0.420. The van der Waals surface area contributed by atoms with Crippen molar-refractivity contribution in [3.8, 4) is 11.5 Å².